The van der Waals surface area contributed by atoms with Crippen LogP contribution in [0.3, 0.4) is 0 Å². The summed E-state index contributed by atoms with van der Waals surface area (Å²) in [6.07, 6.45) is 0. The van der Waals surface area contributed by atoms with Crippen LogP contribution in [0.5, 0.6) is 0 Å². The molecule has 0 aliphatic rings. The van der Waals surface area contributed by atoms with Crippen LogP contribution in [0.1, 0.15) is 34.6 Å². The second-order valence-corrected chi connectivity index (χ2v) is 7.45. The molecular weight excluding hydrogens is 180 g/mol. The average Bonchev–Trinajstić information content (AvgIpc) is 1.98. The van der Waals surface area contributed by atoms with Crippen molar-refractivity contribution in [2.75, 3.05) is 14.2 Å². The first-order valence-electron chi connectivity index (χ1n) is 4.80. The number of rotatable bonds is 4. The van der Waals surface area contributed by atoms with Gasteiger partial charge in [0, 0.05) is 14.2 Å². The predicted octanol–water partition coefficient (Wildman–Crippen LogP) is 2.57. The van der Waals surface area contributed by atoms with E-state index >= 15 is 0 Å². The van der Waals surface area contributed by atoms with E-state index < -0.39 is 9.28 Å². The summed E-state index contributed by atoms with van der Waals surface area (Å²) in [5.74, 6) is 0. The van der Waals surface area contributed by atoms with Gasteiger partial charge in [-0.25, -0.2) is 0 Å². The third-order valence-corrected chi connectivity index (χ3v) is 5.64. The van der Waals surface area contributed by atoms with E-state index in [1.807, 2.05) is 0 Å². The quantitative estimate of drug-likeness (QED) is 0.655. The van der Waals surface area contributed by atoms with Gasteiger partial charge in [-0.05, 0) is 16.9 Å². The molecule has 0 radical (unpaired) electrons. The lowest BCUT2D eigenvalue weighted by atomic mass is 9.71. The van der Waals surface area contributed by atoms with E-state index in [0.29, 0.717) is 5.41 Å². The van der Waals surface area contributed by atoms with E-state index in [4.69, 9.17) is 8.85 Å². The van der Waals surface area contributed by atoms with E-state index in [1.54, 1.807) is 14.2 Å². The zero-order valence-corrected chi connectivity index (χ0v) is 11.3. The topological polar surface area (TPSA) is 18.5 Å². The molecule has 0 unspecified atom stereocenters. The molecule has 0 saturated carbocycles. The Morgan fingerprint density at radius 3 is 1.54 bits per heavy atom. The fraction of sp³-hybridized carbons (Fsp3) is 1.00. The molecule has 0 rings (SSSR count). The lowest BCUT2D eigenvalue weighted by Crippen LogP contribution is -2.36. The predicted molar refractivity (Wildman–Crippen MR) is 59.2 cm³/mol. The molecule has 0 atom stereocenters. The molecule has 0 fully saturated rings. The third-order valence-electron chi connectivity index (χ3n) is 3.23. The Kier molecular flexibility index (Phi) is 4.62. The zero-order chi connectivity index (χ0) is 10.7. The molecule has 0 spiro atoms. The average molecular weight is 204 g/mol. The first-order chi connectivity index (χ1) is 5.74. The van der Waals surface area contributed by atoms with Crippen LogP contribution >= 0.6 is 0 Å². The summed E-state index contributed by atoms with van der Waals surface area (Å²) in [5, 5.41) is 0. The summed E-state index contributed by atoms with van der Waals surface area (Å²) in [5.41, 5.74) is 0.575. The standard InChI is InChI=1S/C10H24O2Si/c1-9(2,3)10(4,5)8-13(11-6)12-7/h13H,8H2,1-7H3. The van der Waals surface area contributed by atoms with Gasteiger partial charge in [-0.2, -0.15) is 0 Å². The Balaban J connectivity index is 4.31. The Morgan fingerprint density at radius 2 is 1.31 bits per heavy atom. The van der Waals surface area contributed by atoms with Gasteiger partial charge in [0.25, 0.3) is 0 Å². The van der Waals surface area contributed by atoms with E-state index in [9.17, 15) is 0 Å². The third kappa shape index (κ3) is 3.79. The molecule has 80 valence electrons. The Hall–Kier alpha value is 0.137. The smallest absolute Gasteiger partial charge is 0.321 e. The molecule has 0 bridgehead atoms. The van der Waals surface area contributed by atoms with Gasteiger partial charge in [-0.3, -0.25) is 0 Å². The van der Waals surface area contributed by atoms with Crippen molar-refractivity contribution < 1.29 is 8.85 Å². The van der Waals surface area contributed by atoms with Crippen molar-refractivity contribution in [3.05, 3.63) is 0 Å². The van der Waals surface area contributed by atoms with Crippen LogP contribution in [0.4, 0.5) is 0 Å². The van der Waals surface area contributed by atoms with Gasteiger partial charge in [0.05, 0.1) is 0 Å². The van der Waals surface area contributed by atoms with Gasteiger partial charge in [-0.15, -0.1) is 0 Å². The highest BCUT2D eigenvalue weighted by Gasteiger charge is 2.36. The molecule has 0 saturated heterocycles. The van der Waals surface area contributed by atoms with E-state index in [1.165, 1.54) is 0 Å². The monoisotopic (exact) mass is 204 g/mol. The Bertz CT molecular complexity index is 145. The molecule has 0 aromatic rings. The van der Waals surface area contributed by atoms with Gasteiger partial charge >= 0.3 is 9.28 Å². The van der Waals surface area contributed by atoms with Crippen LogP contribution in [0.25, 0.3) is 0 Å². The number of hydrogen-bond donors (Lipinski definition) is 0. The van der Waals surface area contributed by atoms with Gasteiger partial charge < -0.3 is 8.85 Å². The lowest BCUT2D eigenvalue weighted by Gasteiger charge is -2.40. The first kappa shape index (κ1) is 13.1. The van der Waals surface area contributed by atoms with E-state index in [2.05, 4.69) is 34.6 Å². The van der Waals surface area contributed by atoms with Crippen LogP contribution < -0.4 is 0 Å². The fourth-order valence-electron chi connectivity index (χ4n) is 0.986. The largest absolute Gasteiger partial charge is 0.400 e. The molecular formula is C10H24O2Si. The SMILES string of the molecule is CO[SiH](CC(C)(C)C(C)(C)C)OC. The maximum atomic E-state index is 5.35. The first-order valence-corrected chi connectivity index (χ1v) is 6.56. The maximum Gasteiger partial charge on any atom is 0.321 e. The summed E-state index contributed by atoms with van der Waals surface area (Å²) < 4.78 is 10.7. The molecule has 0 N–H and O–H groups in total. The summed E-state index contributed by atoms with van der Waals surface area (Å²) in [6, 6.07) is 1.06. The van der Waals surface area contributed by atoms with Crippen molar-refractivity contribution in [1.29, 1.82) is 0 Å². The van der Waals surface area contributed by atoms with Gasteiger partial charge in [0.15, 0.2) is 0 Å². The van der Waals surface area contributed by atoms with E-state index in [-0.39, 0.29) is 5.41 Å². The normalized spacial score (nSPS) is 13.8. The molecule has 0 heterocycles. The molecule has 13 heavy (non-hydrogen) atoms. The summed E-state index contributed by atoms with van der Waals surface area (Å²) in [6.45, 7) is 11.4. The highest BCUT2D eigenvalue weighted by molar-refractivity contribution is 6.44. The van der Waals surface area contributed by atoms with Crippen LogP contribution in [0.15, 0.2) is 0 Å². The summed E-state index contributed by atoms with van der Waals surface area (Å²) >= 11 is 0. The molecule has 0 aliphatic carbocycles. The van der Waals surface area contributed by atoms with Gasteiger partial charge in [-0.1, -0.05) is 34.6 Å². The molecule has 3 heteroatoms. The van der Waals surface area contributed by atoms with Crippen LogP contribution in [0.2, 0.25) is 6.04 Å². The van der Waals surface area contributed by atoms with Crippen molar-refractivity contribution in [1.82, 2.24) is 0 Å². The molecule has 2 nitrogen and oxygen atoms in total. The van der Waals surface area contributed by atoms with Crippen LogP contribution in [-0.4, -0.2) is 23.5 Å². The maximum absolute atomic E-state index is 5.35. The zero-order valence-electron chi connectivity index (χ0n) is 10.1. The highest BCUT2D eigenvalue weighted by Crippen LogP contribution is 2.42. The van der Waals surface area contributed by atoms with Crippen molar-refractivity contribution in [3.8, 4) is 0 Å². The second-order valence-electron chi connectivity index (χ2n) is 5.24. The highest BCUT2D eigenvalue weighted by atomic mass is 28.3. The van der Waals surface area contributed by atoms with Gasteiger partial charge in [0.1, 0.15) is 0 Å². The van der Waals surface area contributed by atoms with Crippen molar-refractivity contribution in [2.24, 2.45) is 10.8 Å². The lowest BCUT2D eigenvalue weighted by molar-refractivity contribution is 0.137. The summed E-state index contributed by atoms with van der Waals surface area (Å²) in [7, 11) is 2.08. The van der Waals surface area contributed by atoms with Crippen molar-refractivity contribution in [2.45, 2.75) is 40.7 Å². The number of hydrogen-bond acceptors (Lipinski definition) is 2. The van der Waals surface area contributed by atoms with E-state index in [0.717, 1.165) is 6.04 Å². The van der Waals surface area contributed by atoms with Crippen LogP contribution in [0, 0.1) is 10.8 Å². The second kappa shape index (κ2) is 4.58. The molecule has 0 amide bonds. The Morgan fingerprint density at radius 1 is 0.923 bits per heavy atom. The Labute approximate surface area is 84.5 Å². The van der Waals surface area contributed by atoms with Gasteiger partial charge in [0.2, 0.25) is 0 Å². The fourth-order valence-corrected chi connectivity index (χ4v) is 2.96. The van der Waals surface area contributed by atoms with Crippen molar-refractivity contribution >= 4 is 9.28 Å². The minimum Gasteiger partial charge on any atom is -0.400 e. The summed E-state index contributed by atoms with van der Waals surface area (Å²) in [4.78, 5) is 0. The molecule has 0 aromatic heterocycles. The minimum atomic E-state index is -1.42. The molecule has 0 aliphatic heterocycles. The minimum absolute atomic E-state index is 0.274. The van der Waals surface area contributed by atoms with Crippen LogP contribution in [-0.2, 0) is 8.85 Å². The molecule has 0 aromatic carbocycles. The van der Waals surface area contributed by atoms with Crippen molar-refractivity contribution in [3.63, 3.8) is 0 Å².